The molecule has 1 aliphatic heterocycles. The molecule has 1 aliphatic rings. The highest BCUT2D eigenvalue weighted by Gasteiger charge is 2.27. The van der Waals surface area contributed by atoms with Gasteiger partial charge < -0.3 is 9.64 Å². The Morgan fingerprint density at radius 3 is 2.50 bits per heavy atom. The summed E-state index contributed by atoms with van der Waals surface area (Å²) >= 11 is 3.45. The highest BCUT2D eigenvalue weighted by atomic mass is 79.9. The zero-order chi connectivity index (χ0) is 15.7. The number of ether oxygens (including phenoxy) is 1. The molecule has 3 heterocycles. The Morgan fingerprint density at radius 2 is 1.91 bits per heavy atom. The number of carbonyl (C=O) groups excluding carboxylic acids is 1. The molecule has 0 radical (unpaired) electrons. The van der Waals surface area contributed by atoms with Gasteiger partial charge in [0.05, 0.1) is 22.2 Å². The molecule has 2 aromatic heterocycles. The number of nitrogens with zero attached hydrogens (tertiary/aromatic N) is 5. The van der Waals surface area contributed by atoms with Crippen LogP contribution in [-0.4, -0.2) is 55.9 Å². The second-order valence-electron chi connectivity index (χ2n) is 5.37. The predicted molar refractivity (Wildman–Crippen MR) is 82.8 cm³/mol. The van der Waals surface area contributed by atoms with Crippen molar-refractivity contribution >= 4 is 21.8 Å². The summed E-state index contributed by atoms with van der Waals surface area (Å²) in [5.41, 5.74) is 0.546. The Kier molecular flexibility index (Phi) is 4.21. The fourth-order valence-electron chi connectivity index (χ4n) is 2.57. The number of morpholine rings is 1. The monoisotopic (exact) mass is 365 g/mol. The summed E-state index contributed by atoms with van der Waals surface area (Å²) in [6.45, 7) is 5.13. The van der Waals surface area contributed by atoms with Gasteiger partial charge >= 0.3 is 0 Å². The van der Waals surface area contributed by atoms with Crippen LogP contribution < -0.4 is 0 Å². The number of pyridine rings is 1. The molecule has 0 bridgehead atoms. The smallest absolute Gasteiger partial charge is 0.255 e. The summed E-state index contributed by atoms with van der Waals surface area (Å²) in [4.78, 5) is 18.8. The first kappa shape index (κ1) is 15.1. The van der Waals surface area contributed by atoms with E-state index in [1.807, 2.05) is 13.8 Å². The van der Waals surface area contributed by atoms with Gasteiger partial charge in [-0.05, 0) is 35.8 Å². The topological polar surface area (TPSA) is 73.1 Å². The third kappa shape index (κ3) is 3.02. The fraction of sp³-hybridized carbons (Fsp3) is 0.429. The number of hydrogen-bond donors (Lipinski definition) is 0. The zero-order valence-electron chi connectivity index (χ0n) is 12.3. The van der Waals surface area contributed by atoms with E-state index in [9.17, 15) is 4.79 Å². The minimum absolute atomic E-state index is 0.0366. The van der Waals surface area contributed by atoms with Crippen LogP contribution in [0.25, 0.3) is 5.82 Å². The molecule has 8 heteroatoms. The molecule has 2 aromatic rings. The molecule has 0 saturated carbocycles. The maximum absolute atomic E-state index is 12.6. The van der Waals surface area contributed by atoms with Crippen molar-refractivity contribution in [1.29, 1.82) is 0 Å². The van der Waals surface area contributed by atoms with E-state index in [-0.39, 0.29) is 18.1 Å². The Morgan fingerprint density at radius 1 is 1.27 bits per heavy atom. The lowest BCUT2D eigenvalue weighted by Gasteiger charge is -2.35. The maximum Gasteiger partial charge on any atom is 0.255 e. The lowest BCUT2D eigenvalue weighted by Crippen LogP contribution is -2.48. The average molecular weight is 366 g/mol. The van der Waals surface area contributed by atoms with Crippen LogP contribution in [0.3, 0.4) is 0 Å². The van der Waals surface area contributed by atoms with Crippen LogP contribution >= 0.6 is 15.9 Å². The van der Waals surface area contributed by atoms with Crippen LogP contribution in [0, 0.1) is 0 Å². The first-order chi connectivity index (χ1) is 10.5. The van der Waals surface area contributed by atoms with Crippen molar-refractivity contribution in [3.63, 3.8) is 0 Å². The molecule has 0 spiro atoms. The van der Waals surface area contributed by atoms with E-state index in [0.29, 0.717) is 28.9 Å². The van der Waals surface area contributed by atoms with Crippen molar-refractivity contribution < 1.29 is 9.53 Å². The second-order valence-corrected chi connectivity index (χ2v) is 6.22. The molecule has 22 heavy (non-hydrogen) atoms. The molecule has 0 aromatic carbocycles. The minimum atomic E-state index is -0.0366. The van der Waals surface area contributed by atoms with E-state index >= 15 is 0 Å². The molecule has 1 saturated heterocycles. The minimum Gasteiger partial charge on any atom is -0.372 e. The van der Waals surface area contributed by atoms with Crippen molar-refractivity contribution in [2.45, 2.75) is 26.1 Å². The van der Waals surface area contributed by atoms with E-state index < -0.39 is 0 Å². The largest absolute Gasteiger partial charge is 0.372 e. The number of hydrogen-bond acceptors (Lipinski definition) is 5. The first-order valence-electron chi connectivity index (χ1n) is 7.00. The number of halogens is 1. The molecule has 1 fully saturated rings. The highest BCUT2D eigenvalue weighted by Crippen LogP contribution is 2.21. The van der Waals surface area contributed by atoms with Gasteiger partial charge in [-0.3, -0.25) is 9.36 Å². The van der Waals surface area contributed by atoms with Gasteiger partial charge in [0, 0.05) is 19.3 Å². The van der Waals surface area contributed by atoms with E-state index in [1.165, 1.54) is 0 Å². The Hall–Kier alpha value is -1.80. The molecule has 1 amide bonds. The Balaban J connectivity index is 1.83. The van der Waals surface area contributed by atoms with E-state index in [1.54, 1.807) is 34.4 Å². The normalized spacial score (nSPS) is 21.9. The highest BCUT2D eigenvalue weighted by molar-refractivity contribution is 9.10. The van der Waals surface area contributed by atoms with Crippen molar-refractivity contribution in [3.8, 4) is 5.82 Å². The molecule has 3 rings (SSSR count). The summed E-state index contributed by atoms with van der Waals surface area (Å²) < 4.78 is 8.05. The van der Waals surface area contributed by atoms with Gasteiger partial charge in [-0.25, -0.2) is 4.98 Å². The van der Waals surface area contributed by atoms with Crippen LogP contribution in [0.5, 0.6) is 0 Å². The summed E-state index contributed by atoms with van der Waals surface area (Å²) in [7, 11) is 0. The number of carbonyl (C=O) groups is 1. The summed E-state index contributed by atoms with van der Waals surface area (Å²) in [6.07, 6.45) is 4.77. The molecule has 0 N–H and O–H groups in total. The van der Waals surface area contributed by atoms with Crippen LogP contribution in [0.1, 0.15) is 24.2 Å². The standard InChI is InChI=1S/C14H16BrN5O2/c1-9-5-19(6-10(2)22-9)14(21)11-3-12(15)13(16-4-11)20-7-17-18-8-20/h3-4,7-10H,5-6H2,1-2H3. The van der Waals surface area contributed by atoms with Crippen molar-refractivity contribution in [3.05, 3.63) is 35.0 Å². The number of rotatable bonds is 2. The van der Waals surface area contributed by atoms with Crippen molar-refractivity contribution in [2.24, 2.45) is 0 Å². The van der Waals surface area contributed by atoms with Crippen LogP contribution in [0.2, 0.25) is 0 Å². The van der Waals surface area contributed by atoms with Gasteiger partial charge in [0.1, 0.15) is 12.7 Å². The van der Waals surface area contributed by atoms with Crippen molar-refractivity contribution in [2.75, 3.05) is 13.1 Å². The maximum atomic E-state index is 12.6. The van der Waals surface area contributed by atoms with Gasteiger partial charge in [-0.2, -0.15) is 0 Å². The molecular weight excluding hydrogens is 350 g/mol. The van der Waals surface area contributed by atoms with Crippen LogP contribution in [0.4, 0.5) is 0 Å². The molecule has 116 valence electrons. The molecule has 0 aliphatic carbocycles. The van der Waals surface area contributed by atoms with E-state index in [0.717, 1.165) is 0 Å². The first-order valence-corrected chi connectivity index (χ1v) is 7.79. The van der Waals surface area contributed by atoms with Gasteiger partial charge in [0.15, 0.2) is 5.82 Å². The van der Waals surface area contributed by atoms with Crippen LogP contribution in [0.15, 0.2) is 29.4 Å². The molecule has 2 unspecified atom stereocenters. The lowest BCUT2D eigenvalue weighted by molar-refractivity contribution is -0.0586. The molecule has 7 nitrogen and oxygen atoms in total. The third-order valence-electron chi connectivity index (χ3n) is 3.44. The Labute approximate surface area is 136 Å². The van der Waals surface area contributed by atoms with Gasteiger partial charge in [-0.1, -0.05) is 0 Å². The van der Waals surface area contributed by atoms with Gasteiger partial charge in [0.25, 0.3) is 5.91 Å². The average Bonchev–Trinajstić information content (AvgIpc) is 2.99. The second kappa shape index (κ2) is 6.13. The summed E-state index contributed by atoms with van der Waals surface area (Å²) in [5.74, 6) is 0.607. The lowest BCUT2D eigenvalue weighted by atomic mass is 10.2. The molecular formula is C14H16BrN5O2. The zero-order valence-corrected chi connectivity index (χ0v) is 13.9. The fourth-order valence-corrected chi connectivity index (χ4v) is 3.13. The van der Waals surface area contributed by atoms with Crippen LogP contribution in [-0.2, 0) is 4.74 Å². The quantitative estimate of drug-likeness (QED) is 0.809. The number of amides is 1. The van der Waals surface area contributed by atoms with Gasteiger partial charge in [0.2, 0.25) is 0 Å². The SMILES string of the molecule is CC1CN(C(=O)c2cnc(-n3cnnc3)c(Br)c2)CC(C)O1. The van der Waals surface area contributed by atoms with E-state index in [2.05, 4.69) is 31.1 Å². The van der Waals surface area contributed by atoms with Gasteiger partial charge in [-0.15, -0.1) is 10.2 Å². The van der Waals surface area contributed by atoms with E-state index in [4.69, 9.17) is 4.74 Å². The number of aromatic nitrogens is 4. The predicted octanol–water partition coefficient (Wildman–Crippen LogP) is 1.67. The summed E-state index contributed by atoms with van der Waals surface area (Å²) in [5, 5.41) is 7.50. The van der Waals surface area contributed by atoms with Crippen molar-refractivity contribution in [1.82, 2.24) is 24.6 Å². The molecule has 2 atom stereocenters. The Bertz CT molecular complexity index is 666. The summed E-state index contributed by atoms with van der Waals surface area (Å²) in [6, 6.07) is 1.77. The third-order valence-corrected chi connectivity index (χ3v) is 4.02.